The number of hydrogen-bond donors (Lipinski definition) is 0. The summed E-state index contributed by atoms with van der Waals surface area (Å²) in [5.74, 6) is 0. The van der Waals surface area contributed by atoms with Crippen LogP contribution in [0.4, 0.5) is 0 Å². The van der Waals surface area contributed by atoms with Crippen LogP contribution in [0.5, 0.6) is 0 Å². The van der Waals surface area contributed by atoms with Gasteiger partial charge >= 0.3 is 0 Å². The summed E-state index contributed by atoms with van der Waals surface area (Å²) in [7, 11) is 0. The zero-order valence-electron chi connectivity index (χ0n) is 8.91. The predicted octanol–water partition coefficient (Wildman–Crippen LogP) is 3.32. The van der Waals surface area contributed by atoms with Crippen molar-refractivity contribution in [1.29, 1.82) is 0 Å². The highest BCUT2D eigenvalue weighted by atomic mass is 32.1. The van der Waals surface area contributed by atoms with Gasteiger partial charge in [-0.25, -0.2) is 0 Å². The molecule has 1 heterocycles. The van der Waals surface area contributed by atoms with E-state index >= 15 is 0 Å². The number of likely N-dealkylation sites (tertiary alicyclic amines) is 1. The Kier molecular flexibility index (Phi) is 5.53. The fraction of sp³-hybridized carbons (Fsp3) is 0.583. The molecule has 1 rings (SSSR count). The molecule has 1 aliphatic heterocycles. The highest BCUT2D eigenvalue weighted by Gasteiger charge is 2.12. The van der Waals surface area contributed by atoms with Crippen molar-refractivity contribution in [2.24, 2.45) is 0 Å². The monoisotopic (exact) mass is 209 g/mol. The third-order valence-corrected chi connectivity index (χ3v) is 2.85. The van der Waals surface area contributed by atoms with Gasteiger partial charge in [0.25, 0.3) is 0 Å². The molecular weight excluding hydrogens is 190 g/mol. The van der Waals surface area contributed by atoms with Crippen molar-refractivity contribution in [3.63, 3.8) is 0 Å². The van der Waals surface area contributed by atoms with Gasteiger partial charge in [-0.3, -0.25) is 0 Å². The zero-order chi connectivity index (χ0) is 10.2. The molecule has 0 radical (unpaired) electrons. The molecular formula is C12H19NS. The molecule has 0 aromatic carbocycles. The molecule has 14 heavy (non-hydrogen) atoms. The van der Waals surface area contributed by atoms with Crippen molar-refractivity contribution in [2.45, 2.75) is 32.6 Å². The van der Waals surface area contributed by atoms with Gasteiger partial charge in [0.2, 0.25) is 0 Å². The second kappa shape index (κ2) is 6.77. The van der Waals surface area contributed by atoms with E-state index in [-0.39, 0.29) is 0 Å². The van der Waals surface area contributed by atoms with E-state index in [1.54, 1.807) is 0 Å². The van der Waals surface area contributed by atoms with Crippen molar-refractivity contribution >= 4 is 17.2 Å². The van der Waals surface area contributed by atoms with Gasteiger partial charge in [0.05, 0.1) is 4.99 Å². The maximum atomic E-state index is 5.35. The van der Waals surface area contributed by atoms with Gasteiger partial charge in [-0.1, -0.05) is 36.5 Å². The quantitative estimate of drug-likeness (QED) is 0.516. The largest absolute Gasteiger partial charge is 0.366 e. The summed E-state index contributed by atoms with van der Waals surface area (Å²) >= 11 is 5.35. The normalized spacial score (nSPS) is 17.4. The highest BCUT2D eigenvalue weighted by Crippen LogP contribution is 2.10. The van der Waals surface area contributed by atoms with Gasteiger partial charge < -0.3 is 4.90 Å². The molecule has 0 aliphatic carbocycles. The van der Waals surface area contributed by atoms with E-state index < -0.39 is 0 Å². The number of hydrogen-bond acceptors (Lipinski definition) is 1. The Bertz CT molecular complexity index is 224. The fourth-order valence-corrected chi connectivity index (χ4v) is 1.87. The van der Waals surface area contributed by atoms with Crippen LogP contribution in [0, 0.1) is 0 Å². The fourth-order valence-electron chi connectivity index (χ4n) is 1.59. The lowest BCUT2D eigenvalue weighted by atomic mass is 10.3. The molecule has 0 aromatic heterocycles. The third kappa shape index (κ3) is 4.05. The minimum atomic E-state index is 0.937. The lowest BCUT2D eigenvalue weighted by Gasteiger charge is -2.16. The summed E-state index contributed by atoms with van der Waals surface area (Å²) in [6.45, 7) is 4.38. The minimum Gasteiger partial charge on any atom is -0.366 e. The van der Waals surface area contributed by atoms with Crippen LogP contribution in [0.15, 0.2) is 24.3 Å². The van der Waals surface area contributed by atoms with Crippen LogP contribution >= 0.6 is 12.2 Å². The number of nitrogens with zero attached hydrogens (tertiary/aromatic N) is 1. The Morgan fingerprint density at radius 1 is 1.21 bits per heavy atom. The lowest BCUT2D eigenvalue weighted by Crippen LogP contribution is -2.25. The van der Waals surface area contributed by atoms with Crippen LogP contribution in [0.25, 0.3) is 0 Å². The van der Waals surface area contributed by atoms with Gasteiger partial charge in [-0.2, -0.15) is 0 Å². The molecule has 0 saturated carbocycles. The Balaban J connectivity index is 2.16. The van der Waals surface area contributed by atoms with Gasteiger partial charge in [-0.05, 0) is 26.2 Å². The van der Waals surface area contributed by atoms with Crippen molar-refractivity contribution in [3.05, 3.63) is 24.3 Å². The Morgan fingerprint density at radius 3 is 2.57 bits per heavy atom. The molecule has 0 unspecified atom stereocenters. The van der Waals surface area contributed by atoms with E-state index in [0.29, 0.717) is 0 Å². The Labute approximate surface area is 92.5 Å². The van der Waals surface area contributed by atoms with E-state index in [1.807, 2.05) is 6.92 Å². The maximum absolute atomic E-state index is 5.35. The average Bonchev–Trinajstić information content (AvgIpc) is 2.70. The SMILES string of the molecule is C/C=C/CC=CCC(=S)N1CCCC1. The molecule has 0 N–H and O–H groups in total. The molecule has 1 fully saturated rings. The van der Waals surface area contributed by atoms with Crippen LogP contribution in [0.2, 0.25) is 0 Å². The molecule has 1 nitrogen and oxygen atoms in total. The van der Waals surface area contributed by atoms with Gasteiger partial charge in [0, 0.05) is 19.5 Å². The summed E-state index contributed by atoms with van der Waals surface area (Å²) in [5, 5.41) is 0. The van der Waals surface area contributed by atoms with Crippen LogP contribution in [-0.2, 0) is 0 Å². The minimum absolute atomic E-state index is 0.937. The maximum Gasteiger partial charge on any atom is 0.0817 e. The molecule has 1 saturated heterocycles. The first-order chi connectivity index (χ1) is 6.84. The number of allylic oxidation sites excluding steroid dienone is 3. The smallest absolute Gasteiger partial charge is 0.0817 e. The molecule has 0 spiro atoms. The molecule has 0 bridgehead atoms. The number of rotatable bonds is 4. The summed E-state index contributed by atoms with van der Waals surface area (Å²) in [6.07, 6.45) is 13.2. The lowest BCUT2D eigenvalue weighted by molar-refractivity contribution is 0.522. The van der Waals surface area contributed by atoms with Crippen LogP contribution in [0.3, 0.4) is 0 Å². The Hall–Kier alpha value is -0.630. The topological polar surface area (TPSA) is 3.24 Å². The summed E-state index contributed by atoms with van der Waals surface area (Å²) in [6, 6.07) is 0. The van der Waals surface area contributed by atoms with E-state index in [9.17, 15) is 0 Å². The van der Waals surface area contributed by atoms with Gasteiger partial charge in [0.1, 0.15) is 0 Å². The second-order valence-electron chi connectivity index (χ2n) is 3.57. The van der Waals surface area contributed by atoms with Crippen molar-refractivity contribution in [1.82, 2.24) is 4.90 Å². The Morgan fingerprint density at radius 2 is 1.93 bits per heavy atom. The van der Waals surface area contributed by atoms with Crippen molar-refractivity contribution < 1.29 is 0 Å². The van der Waals surface area contributed by atoms with Crippen LogP contribution in [0.1, 0.15) is 32.6 Å². The third-order valence-electron chi connectivity index (χ3n) is 2.43. The van der Waals surface area contributed by atoms with Crippen molar-refractivity contribution in [3.8, 4) is 0 Å². The molecule has 78 valence electrons. The second-order valence-corrected chi connectivity index (χ2v) is 4.04. The standard InChI is InChI=1S/C12H19NS/c1-2-3-4-5-6-9-12(14)13-10-7-8-11-13/h2-3,5-6H,4,7-11H2,1H3/b3-2+,6-5?. The van der Waals surface area contributed by atoms with E-state index in [4.69, 9.17) is 12.2 Å². The first kappa shape index (κ1) is 11.4. The molecule has 0 amide bonds. The van der Waals surface area contributed by atoms with E-state index in [2.05, 4.69) is 29.2 Å². The molecule has 1 aliphatic rings. The average molecular weight is 209 g/mol. The molecule has 0 aromatic rings. The molecule has 2 heteroatoms. The van der Waals surface area contributed by atoms with E-state index in [1.165, 1.54) is 25.9 Å². The van der Waals surface area contributed by atoms with Crippen LogP contribution < -0.4 is 0 Å². The van der Waals surface area contributed by atoms with Crippen LogP contribution in [-0.4, -0.2) is 23.0 Å². The van der Waals surface area contributed by atoms with Gasteiger partial charge in [-0.15, -0.1) is 0 Å². The summed E-state index contributed by atoms with van der Waals surface area (Å²) < 4.78 is 0. The predicted molar refractivity (Wildman–Crippen MR) is 66.6 cm³/mol. The highest BCUT2D eigenvalue weighted by molar-refractivity contribution is 7.80. The van der Waals surface area contributed by atoms with E-state index in [0.717, 1.165) is 17.8 Å². The van der Waals surface area contributed by atoms with Gasteiger partial charge in [0.15, 0.2) is 0 Å². The first-order valence-electron chi connectivity index (χ1n) is 5.38. The number of thiocarbonyl (C=S) groups is 1. The summed E-state index contributed by atoms with van der Waals surface area (Å²) in [5.41, 5.74) is 0. The first-order valence-corrected chi connectivity index (χ1v) is 5.79. The molecule has 0 atom stereocenters. The van der Waals surface area contributed by atoms with Crippen molar-refractivity contribution in [2.75, 3.05) is 13.1 Å². The zero-order valence-corrected chi connectivity index (χ0v) is 9.72. The summed E-state index contributed by atoms with van der Waals surface area (Å²) in [4.78, 5) is 3.44.